The zero-order valence-corrected chi connectivity index (χ0v) is 22.4. The molecule has 0 radical (unpaired) electrons. The van der Waals surface area contributed by atoms with E-state index in [1.54, 1.807) is 45.0 Å². The number of ether oxygens (including phenoxy) is 1. The molecule has 2 aromatic carbocycles. The van der Waals surface area contributed by atoms with Crippen molar-refractivity contribution in [1.82, 2.24) is 4.90 Å². The van der Waals surface area contributed by atoms with Gasteiger partial charge in [0.25, 0.3) is 5.91 Å². The molecule has 196 valence electrons. The van der Waals surface area contributed by atoms with Gasteiger partial charge >= 0.3 is 5.97 Å². The first kappa shape index (κ1) is 28.4. The fourth-order valence-electron chi connectivity index (χ4n) is 4.31. The molecule has 0 bridgehead atoms. The quantitative estimate of drug-likeness (QED) is 0.452. The Morgan fingerprint density at radius 2 is 1.75 bits per heavy atom. The SMILES string of the molecule is CCC(CS(=O)(=O)C(C)C)N1C(=O)C(CC(=O)O)OC(c2cc(F)cc(Cl)c2)C1c1ccc(Cl)cc1. The second kappa shape index (κ2) is 11.5. The molecule has 0 aliphatic carbocycles. The summed E-state index contributed by atoms with van der Waals surface area (Å²) in [6.07, 6.45) is -2.81. The van der Waals surface area contributed by atoms with Crippen LogP contribution < -0.4 is 0 Å². The van der Waals surface area contributed by atoms with Crippen LogP contribution in [0.2, 0.25) is 10.0 Å². The minimum absolute atomic E-state index is 0.0936. The number of nitrogens with zero attached hydrogens (tertiary/aromatic N) is 1. The van der Waals surface area contributed by atoms with Gasteiger partial charge in [-0.05, 0) is 61.7 Å². The molecule has 1 fully saturated rings. The number of amides is 1. The third-order valence-electron chi connectivity index (χ3n) is 6.22. The van der Waals surface area contributed by atoms with Crippen molar-refractivity contribution < 1.29 is 32.2 Å². The molecule has 1 saturated heterocycles. The van der Waals surface area contributed by atoms with Gasteiger partial charge in [-0.3, -0.25) is 9.59 Å². The lowest BCUT2D eigenvalue weighted by Gasteiger charge is -2.48. The van der Waals surface area contributed by atoms with E-state index in [1.165, 1.54) is 17.0 Å². The maximum atomic E-state index is 14.4. The summed E-state index contributed by atoms with van der Waals surface area (Å²) < 4.78 is 46.2. The van der Waals surface area contributed by atoms with Crippen LogP contribution >= 0.6 is 23.2 Å². The molecule has 1 N–H and O–H groups in total. The van der Waals surface area contributed by atoms with Crippen molar-refractivity contribution in [3.63, 3.8) is 0 Å². The molecule has 2 aromatic rings. The summed E-state index contributed by atoms with van der Waals surface area (Å²) in [7, 11) is -3.58. The molecule has 36 heavy (non-hydrogen) atoms. The van der Waals surface area contributed by atoms with Crippen LogP contribution in [-0.4, -0.2) is 53.4 Å². The van der Waals surface area contributed by atoms with E-state index >= 15 is 0 Å². The molecule has 4 atom stereocenters. The van der Waals surface area contributed by atoms with Gasteiger partial charge in [-0.15, -0.1) is 0 Å². The Morgan fingerprint density at radius 3 is 2.28 bits per heavy atom. The van der Waals surface area contributed by atoms with Gasteiger partial charge in [-0.25, -0.2) is 12.8 Å². The zero-order chi connectivity index (χ0) is 26.8. The van der Waals surface area contributed by atoms with Crippen LogP contribution in [0.25, 0.3) is 0 Å². The Bertz CT molecular complexity index is 1200. The minimum Gasteiger partial charge on any atom is -0.481 e. The maximum absolute atomic E-state index is 14.4. The van der Waals surface area contributed by atoms with Gasteiger partial charge < -0.3 is 14.7 Å². The Labute approximate surface area is 220 Å². The van der Waals surface area contributed by atoms with Gasteiger partial charge in [0.1, 0.15) is 18.0 Å². The summed E-state index contributed by atoms with van der Waals surface area (Å²) in [5.74, 6) is -2.88. The Kier molecular flexibility index (Phi) is 9.03. The molecule has 11 heteroatoms. The number of morpholine rings is 1. The molecule has 3 rings (SSSR count). The summed E-state index contributed by atoms with van der Waals surface area (Å²) in [5.41, 5.74) is 0.849. The molecule has 0 aromatic heterocycles. The lowest BCUT2D eigenvalue weighted by Crippen LogP contribution is -2.56. The van der Waals surface area contributed by atoms with Gasteiger partial charge in [0, 0.05) is 16.1 Å². The molecule has 7 nitrogen and oxygen atoms in total. The van der Waals surface area contributed by atoms with Crippen molar-refractivity contribution in [2.24, 2.45) is 0 Å². The highest BCUT2D eigenvalue weighted by atomic mass is 35.5. The summed E-state index contributed by atoms with van der Waals surface area (Å²) in [5, 5.41) is 9.30. The Morgan fingerprint density at radius 1 is 1.11 bits per heavy atom. The molecule has 0 saturated carbocycles. The topological polar surface area (TPSA) is 101 Å². The third kappa shape index (κ3) is 6.37. The molecule has 1 amide bonds. The highest BCUT2D eigenvalue weighted by molar-refractivity contribution is 7.92. The number of rotatable bonds is 9. The van der Waals surface area contributed by atoms with E-state index in [-0.39, 0.29) is 22.8 Å². The van der Waals surface area contributed by atoms with E-state index in [9.17, 15) is 27.5 Å². The van der Waals surface area contributed by atoms with Crippen molar-refractivity contribution in [3.05, 3.63) is 69.5 Å². The average molecular weight is 560 g/mol. The summed E-state index contributed by atoms with van der Waals surface area (Å²) in [4.78, 5) is 26.7. The molecule has 4 unspecified atom stereocenters. The van der Waals surface area contributed by atoms with Crippen molar-refractivity contribution in [2.75, 3.05) is 5.75 Å². The van der Waals surface area contributed by atoms with E-state index < -0.39 is 63.5 Å². The van der Waals surface area contributed by atoms with E-state index in [0.717, 1.165) is 6.07 Å². The fraction of sp³-hybridized carbons (Fsp3) is 0.440. The van der Waals surface area contributed by atoms with Crippen LogP contribution in [0.5, 0.6) is 0 Å². The van der Waals surface area contributed by atoms with Crippen LogP contribution in [0.3, 0.4) is 0 Å². The highest BCUT2D eigenvalue weighted by Crippen LogP contribution is 2.45. The molecular formula is C25H28Cl2FNO6S. The van der Waals surface area contributed by atoms with Gasteiger partial charge in [0.05, 0.1) is 23.5 Å². The molecule has 1 aliphatic rings. The van der Waals surface area contributed by atoms with Gasteiger partial charge in [-0.1, -0.05) is 42.3 Å². The van der Waals surface area contributed by atoms with Crippen molar-refractivity contribution in [2.45, 2.75) is 63.2 Å². The van der Waals surface area contributed by atoms with Gasteiger partial charge in [0.15, 0.2) is 9.84 Å². The summed E-state index contributed by atoms with van der Waals surface area (Å²) in [6.45, 7) is 4.87. The average Bonchev–Trinajstić information content (AvgIpc) is 2.78. The fourth-order valence-corrected chi connectivity index (χ4v) is 5.98. The van der Waals surface area contributed by atoms with Gasteiger partial charge in [0.2, 0.25) is 0 Å². The lowest BCUT2D eigenvalue weighted by molar-refractivity contribution is -0.182. The van der Waals surface area contributed by atoms with Crippen LogP contribution in [0.4, 0.5) is 4.39 Å². The van der Waals surface area contributed by atoms with E-state index in [4.69, 9.17) is 27.9 Å². The number of hydrogen-bond donors (Lipinski definition) is 1. The number of halogens is 3. The van der Waals surface area contributed by atoms with Crippen molar-refractivity contribution in [1.29, 1.82) is 0 Å². The smallest absolute Gasteiger partial charge is 0.306 e. The van der Waals surface area contributed by atoms with E-state index in [0.29, 0.717) is 10.6 Å². The normalized spacial score (nSPS) is 21.6. The predicted octanol–water partition coefficient (Wildman–Crippen LogP) is 5.22. The number of carbonyl (C=O) groups excluding carboxylic acids is 1. The molecular weight excluding hydrogens is 532 g/mol. The van der Waals surface area contributed by atoms with Crippen LogP contribution in [0.15, 0.2) is 42.5 Å². The number of carboxylic acid groups (broad SMARTS) is 1. The van der Waals surface area contributed by atoms with Crippen LogP contribution in [-0.2, 0) is 24.2 Å². The van der Waals surface area contributed by atoms with Crippen molar-refractivity contribution >= 4 is 44.9 Å². The standard InChI is InChI=1S/C25H28Cl2FNO6S/c1-4-20(13-36(33,34)14(2)3)29-23(15-5-7-17(26)8-6-15)24(16-9-18(27)11-19(28)10-16)35-21(25(29)32)12-22(30)31/h5-11,14,20-21,23-24H,4,12-13H2,1-3H3,(H,30,31). The number of hydrogen-bond acceptors (Lipinski definition) is 5. The molecule has 1 aliphatic heterocycles. The second-order valence-corrected chi connectivity index (χ2v) is 12.5. The zero-order valence-electron chi connectivity index (χ0n) is 20.0. The highest BCUT2D eigenvalue weighted by Gasteiger charge is 2.48. The van der Waals surface area contributed by atoms with Crippen molar-refractivity contribution in [3.8, 4) is 0 Å². The Balaban J connectivity index is 2.23. The first-order valence-corrected chi connectivity index (χ1v) is 13.9. The summed E-state index contributed by atoms with van der Waals surface area (Å²) in [6, 6.07) is 8.69. The number of carbonyl (C=O) groups is 2. The van der Waals surface area contributed by atoms with Crippen LogP contribution in [0.1, 0.15) is 56.9 Å². The maximum Gasteiger partial charge on any atom is 0.306 e. The van der Waals surface area contributed by atoms with Crippen LogP contribution in [0, 0.1) is 5.82 Å². The number of carboxylic acids is 1. The number of benzene rings is 2. The first-order chi connectivity index (χ1) is 16.8. The number of sulfone groups is 1. The number of aliphatic carboxylic acids is 1. The van der Waals surface area contributed by atoms with Gasteiger partial charge in [-0.2, -0.15) is 0 Å². The van der Waals surface area contributed by atoms with E-state index in [1.807, 2.05) is 0 Å². The van der Waals surface area contributed by atoms with E-state index in [2.05, 4.69) is 0 Å². The summed E-state index contributed by atoms with van der Waals surface area (Å²) >= 11 is 12.2. The lowest BCUT2D eigenvalue weighted by atomic mass is 9.89. The molecule has 0 spiro atoms. The third-order valence-corrected chi connectivity index (χ3v) is 8.98. The predicted molar refractivity (Wildman–Crippen MR) is 135 cm³/mol. The first-order valence-electron chi connectivity index (χ1n) is 11.5. The minimum atomic E-state index is -3.58. The second-order valence-electron chi connectivity index (χ2n) is 9.03. The Hall–Kier alpha value is -2.20. The molecule has 1 heterocycles. The monoisotopic (exact) mass is 559 g/mol. The largest absolute Gasteiger partial charge is 0.481 e.